The first-order valence-corrected chi connectivity index (χ1v) is 4.92. The number of oxime groups is 1. The van der Waals surface area contributed by atoms with Gasteiger partial charge in [-0.2, -0.15) is 0 Å². The highest BCUT2D eigenvalue weighted by Gasteiger charge is 2.01. The van der Waals surface area contributed by atoms with Gasteiger partial charge in [0.2, 0.25) is 5.91 Å². The summed E-state index contributed by atoms with van der Waals surface area (Å²) in [4.78, 5) is 16.1. The van der Waals surface area contributed by atoms with Crippen molar-refractivity contribution in [2.75, 3.05) is 13.2 Å². The molecule has 0 aliphatic carbocycles. The second-order valence-electron chi connectivity index (χ2n) is 3.82. The number of nitrogens with one attached hydrogen (secondary N) is 1. The molecule has 0 aromatic heterocycles. The third kappa shape index (κ3) is 9.03. The van der Waals surface area contributed by atoms with Crippen molar-refractivity contribution in [2.45, 2.75) is 34.1 Å². The van der Waals surface area contributed by atoms with E-state index < -0.39 is 0 Å². The topological polar surface area (TPSA) is 50.7 Å². The lowest BCUT2D eigenvalue weighted by Crippen LogP contribution is -2.27. The minimum absolute atomic E-state index is 0.0163. The van der Waals surface area contributed by atoms with Crippen LogP contribution < -0.4 is 5.32 Å². The molecule has 0 saturated heterocycles. The van der Waals surface area contributed by atoms with Crippen molar-refractivity contribution in [3.63, 3.8) is 0 Å². The third-order valence-corrected chi connectivity index (χ3v) is 1.38. The Morgan fingerprint density at radius 1 is 1.43 bits per heavy atom. The largest absolute Gasteiger partial charge is 0.395 e. The van der Waals surface area contributed by atoms with Crippen LogP contribution in [0.3, 0.4) is 0 Å². The lowest BCUT2D eigenvalue weighted by molar-refractivity contribution is -0.122. The van der Waals surface area contributed by atoms with E-state index in [4.69, 9.17) is 4.84 Å². The van der Waals surface area contributed by atoms with Crippen molar-refractivity contribution >= 4 is 11.6 Å². The Morgan fingerprint density at radius 2 is 2.07 bits per heavy atom. The van der Waals surface area contributed by atoms with Gasteiger partial charge < -0.3 is 10.2 Å². The van der Waals surface area contributed by atoms with Crippen molar-refractivity contribution in [2.24, 2.45) is 11.1 Å². The van der Waals surface area contributed by atoms with Gasteiger partial charge in [0.25, 0.3) is 0 Å². The van der Waals surface area contributed by atoms with Gasteiger partial charge in [-0.1, -0.05) is 19.0 Å². The summed E-state index contributed by atoms with van der Waals surface area (Å²) in [7, 11) is 0. The van der Waals surface area contributed by atoms with Crippen LogP contribution in [0.4, 0.5) is 0 Å². The van der Waals surface area contributed by atoms with Gasteiger partial charge in [-0.15, -0.1) is 0 Å². The van der Waals surface area contributed by atoms with Crippen LogP contribution in [-0.2, 0) is 9.63 Å². The first-order chi connectivity index (χ1) is 6.52. The Kier molecular flexibility index (Phi) is 6.80. The molecule has 1 N–H and O–H groups in total. The van der Waals surface area contributed by atoms with Crippen LogP contribution in [0.15, 0.2) is 5.16 Å². The summed E-state index contributed by atoms with van der Waals surface area (Å²) in [6, 6.07) is 0. The standard InChI is InChI=1S/C10H20N2O2/c1-8(2)7-11-10(13)5-6-14-12-9(3)4/h8H,5-7H2,1-4H3,(H,11,13). The average molecular weight is 200 g/mol. The number of hydrogen-bond donors (Lipinski definition) is 1. The maximum atomic E-state index is 11.2. The molecule has 0 aliphatic heterocycles. The van der Waals surface area contributed by atoms with Crippen LogP contribution in [0.2, 0.25) is 0 Å². The number of carbonyl (C=O) groups is 1. The summed E-state index contributed by atoms with van der Waals surface area (Å²) in [5, 5.41) is 6.53. The molecule has 4 nitrogen and oxygen atoms in total. The molecule has 0 rings (SSSR count). The van der Waals surface area contributed by atoms with E-state index in [1.807, 2.05) is 13.8 Å². The van der Waals surface area contributed by atoms with Crippen molar-refractivity contribution in [1.82, 2.24) is 5.32 Å². The van der Waals surface area contributed by atoms with Gasteiger partial charge in [-0.25, -0.2) is 0 Å². The minimum atomic E-state index is 0.0163. The number of hydrogen-bond acceptors (Lipinski definition) is 3. The first-order valence-electron chi connectivity index (χ1n) is 4.92. The molecule has 4 heteroatoms. The van der Waals surface area contributed by atoms with E-state index >= 15 is 0 Å². The molecule has 0 saturated carbocycles. The predicted octanol–water partition coefficient (Wildman–Crippen LogP) is 1.56. The number of rotatable bonds is 6. The molecule has 0 aromatic rings. The molecular weight excluding hydrogens is 180 g/mol. The van der Waals surface area contributed by atoms with E-state index in [0.717, 1.165) is 12.3 Å². The van der Waals surface area contributed by atoms with Crippen LogP contribution in [0.5, 0.6) is 0 Å². The summed E-state index contributed by atoms with van der Waals surface area (Å²) in [6.07, 6.45) is 0.365. The summed E-state index contributed by atoms with van der Waals surface area (Å²) < 4.78 is 0. The lowest BCUT2D eigenvalue weighted by Gasteiger charge is -2.06. The Labute approximate surface area is 85.7 Å². The van der Waals surface area contributed by atoms with Crippen LogP contribution in [-0.4, -0.2) is 24.8 Å². The normalized spacial score (nSPS) is 9.79. The Morgan fingerprint density at radius 3 is 2.57 bits per heavy atom. The quantitative estimate of drug-likeness (QED) is 0.402. The zero-order valence-corrected chi connectivity index (χ0v) is 9.46. The molecule has 0 atom stereocenters. The molecule has 0 bridgehead atoms. The van der Waals surface area contributed by atoms with E-state index in [2.05, 4.69) is 24.3 Å². The molecule has 14 heavy (non-hydrogen) atoms. The van der Waals surface area contributed by atoms with Crippen LogP contribution in [0, 0.1) is 5.92 Å². The monoisotopic (exact) mass is 200 g/mol. The van der Waals surface area contributed by atoms with E-state index in [-0.39, 0.29) is 5.91 Å². The van der Waals surface area contributed by atoms with Crippen LogP contribution in [0.25, 0.3) is 0 Å². The number of carbonyl (C=O) groups excluding carboxylic acids is 1. The average Bonchev–Trinajstić information content (AvgIpc) is 2.08. The maximum absolute atomic E-state index is 11.2. The molecule has 0 unspecified atom stereocenters. The summed E-state index contributed by atoms with van der Waals surface area (Å²) in [6.45, 7) is 8.87. The Balaban J connectivity index is 3.41. The molecule has 0 spiro atoms. The van der Waals surface area contributed by atoms with Gasteiger partial charge in [0.05, 0.1) is 12.1 Å². The van der Waals surface area contributed by atoms with E-state index in [0.29, 0.717) is 18.9 Å². The van der Waals surface area contributed by atoms with Gasteiger partial charge in [-0.3, -0.25) is 4.79 Å². The van der Waals surface area contributed by atoms with Crippen LogP contribution in [0.1, 0.15) is 34.1 Å². The van der Waals surface area contributed by atoms with Gasteiger partial charge in [0.15, 0.2) is 0 Å². The molecule has 0 fully saturated rings. The molecular formula is C10H20N2O2. The molecule has 0 aromatic carbocycles. The van der Waals surface area contributed by atoms with E-state index in [1.54, 1.807) is 0 Å². The van der Waals surface area contributed by atoms with Gasteiger partial charge in [0, 0.05) is 6.54 Å². The summed E-state index contributed by atoms with van der Waals surface area (Å²) in [5.41, 5.74) is 0.854. The van der Waals surface area contributed by atoms with Crippen molar-refractivity contribution in [3.8, 4) is 0 Å². The summed E-state index contributed by atoms with van der Waals surface area (Å²) in [5.74, 6) is 0.499. The SMILES string of the molecule is CC(C)=NOCCC(=O)NCC(C)C. The molecule has 0 aliphatic rings. The van der Waals surface area contributed by atoms with Crippen LogP contribution >= 0.6 is 0 Å². The molecule has 1 amide bonds. The van der Waals surface area contributed by atoms with E-state index in [9.17, 15) is 4.79 Å². The van der Waals surface area contributed by atoms with Gasteiger partial charge in [0.1, 0.15) is 6.61 Å². The predicted molar refractivity (Wildman–Crippen MR) is 57.2 cm³/mol. The third-order valence-electron chi connectivity index (χ3n) is 1.38. The smallest absolute Gasteiger partial charge is 0.223 e. The van der Waals surface area contributed by atoms with E-state index in [1.165, 1.54) is 0 Å². The first kappa shape index (κ1) is 12.9. The fraction of sp³-hybridized carbons (Fsp3) is 0.800. The number of amides is 1. The summed E-state index contributed by atoms with van der Waals surface area (Å²) >= 11 is 0. The molecule has 0 heterocycles. The fourth-order valence-corrected chi connectivity index (χ4v) is 0.719. The second-order valence-corrected chi connectivity index (χ2v) is 3.82. The molecule has 82 valence electrons. The fourth-order valence-electron chi connectivity index (χ4n) is 0.719. The Hall–Kier alpha value is -1.06. The van der Waals surface area contributed by atoms with Gasteiger partial charge in [-0.05, 0) is 19.8 Å². The zero-order chi connectivity index (χ0) is 11.0. The highest BCUT2D eigenvalue weighted by Crippen LogP contribution is 1.89. The second kappa shape index (κ2) is 7.35. The highest BCUT2D eigenvalue weighted by molar-refractivity contribution is 5.78. The van der Waals surface area contributed by atoms with Crippen molar-refractivity contribution in [3.05, 3.63) is 0 Å². The minimum Gasteiger partial charge on any atom is -0.395 e. The number of nitrogens with zero attached hydrogens (tertiary/aromatic N) is 1. The van der Waals surface area contributed by atoms with Gasteiger partial charge >= 0.3 is 0 Å². The highest BCUT2D eigenvalue weighted by atomic mass is 16.6. The maximum Gasteiger partial charge on any atom is 0.223 e. The Bertz CT molecular complexity index is 196. The lowest BCUT2D eigenvalue weighted by atomic mass is 10.2. The molecule has 0 radical (unpaired) electrons. The van der Waals surface area contributed by atoms with Crippen molar-refractivity contribution < 1.29 is 9.63 Å². The van der Waals surface area contributed by atoms with Crippen molar-refractivity contribution in [1.29, 1.82) is 0 Å². The zero-order valence-electron chi connectivity index (χ0n) is 9.46.